The van der Waals surface area contributed by atoms with Crippen molar-refractivity contribution in [1.29, 1.82) is 0 Å². The van der Waals surface area contributed by atoms with Crippen molar-refractivity contribution < 1.29 is 31.1 Å². The molecule has 13 heteroatoms. The average Bonchev–Trinajstić information content (AvgIpc) is 2.94. The van der Waals surface area contributed by atoms with E-state index in [1.54, 1.807) is 30.3 Å². The molecule has 0 bridgehead atoms. The molecule has 0 aliphatic carbocycles. The number of piperazine rings is 1. The maximum atomic E-state index is 13.3. The lowest BCUT2D eigenvalue weighted by atomic mass is 10.1. The smallest absolute Gasteiger partial charge is 0.404 e. The lowest BCUT2D eigenvalue weighted by Crippen LogP contribution is -2.48. The topological polar surface area (TPSA) is 91.8 Å². The zero-order valence-corrected chi connectivity index (χ0v) is 23.0. The fraction of sp³-hybridized carbons (Fsp3) is 0.214. The summed E-state index contributed by atoms with van der Waals surface area (Å²) in [6.07, 6.45) is -3.71. The summed E-state index contributed by atoms with van der Waals surface area (Å²) in [6, 6.07) is 18.5. The van der Waals surface area contributed by atoms with Gasteiger partial charge in [0.25, 0.3) is 15.9 Å². The van der Waals surface area contributed by atoms with Gasteiger partial charge in [-0.1, -0.05) is 41.9 Å². The third kappa shape index (κ3) is 6.89. The molecule has 4 aromatic rings. The summed E-state index contributed by atoms with van der Waals surface area (Å²) in [4.78, 5) is 20.8. The molecular weight excluding hydrogens is 581 g/mol. The molecule has 41 heavy (non-hydrogen) atoms. The van der Waals surface area contributed by atoms with Gasteiger partial charge in [-0.25, -0.2) is 8.42 Å². The largest absolute Gasteiger partial charge is 0.573 e. The second-order valence-corrected chi connectivity index (χ2v) is 11.5. The number of para-hydroxylation sites is 1. The molecule has 0 radical (unpaired) electrons. The van der Waals surface area contributed by atoms with E-state index in [-0.39, 0.29) is 16.0 Å². The molecule has 0 spiro atoms. The second-order valence-electron chi connectivity index (χ2n) is 9.39. The maximum absolute atomic E-state index is 13.3. The highest BCUT2D eigenvalue weighted by atomic mass is 35.5. The first-order valence-electron chi connectivity index (χ1n) is 12.5. The Morgan fingerprint density at radius 2 is 1.68 bits per heavy atom. The Morgan fingerprint density at radius 3 is 2.39 bits per heavy atom. The minimum atomic E-state index is -5.13. The number of fused-ring (bicyclic) bond motifs is 1. The molecule has 3 aromatic carbocycles. The van der Waals surface area contributed by atoms with Crippen molar-refractivity contribution in [3.8, 4) is 5.75 Å². The first kappa shape index (κ1) is 28.7. The third-order valence-electron chi connectivity index (χ3n) is 6.56. The second kappa shape index (κ2) is 11.6. The number of amides is 1. The SMILES string of the molecule is O=C(c1ccc(NS(=O)(=O)c2cccc3cccnc23)c(OC(F)(F)F)c1)N1CCN(Cc2ccc(Cl)cc2)CC1. The molecule has 0 unspecified atom stereocenters. The number of nitrogens with one attached hydrogen (secondary N) is 1. The number of hydrogen-bond acceptors (Lipinski definition) is 6. The highest BCUT2D eigenvalue weighted by Crippen LogP contribution is 2.34. The van der Waals surface area contributed by atoms with E-state index in [2.05, 4.69) is 19.3 Å². The zero-order chi connectivity index (χ0) is 29.2. The van der Waals surface area contributed by atoms with E-state index >= 15 is 0 Å². The minimum Gasteiger partial charge on any atom is -0.404 e. The van der Waals surface area contributed by atoms with Crippen molar-refractivity contribution in [2.45, 2.75) is 17.8 Å². The van der Waals surface area contributed by atoms with Crippen LogP contribution in [-0.2, 0) is 16.6 Å². The molecule has 5 rings (SSSR count). The van der Waals surface area contributed by atoms with Crippen LogP contribution in [0, 0.1) is 0 Å². The molecule has 0 saturated carbocycles. The van der Waals surface area contributed by atoms with Crippen LogP contribution in [0.3, 0.4) is 0 Å². The Labute approximate surface area is 239 Å². The number of halogens is 4. The van der Waals surface area contributed by atoms with Crippen LogP contribution < -0.4 is 9.46 Å². The first-order chi connectivity index (χ1) is 19.5. The Morgan fingerprint density at radius 1 is 0.976 bits per heavy atom. The molecule has 1 fully saturated rings. The first-order valence-corrected chi connectivity index (χ1v) is 14.4. The summed E-state index contributed by atoms with van der Waals surface area (Å²) in [5.41, 5.74) is 0.688. The van der Waals surface area contributed by atoms with Gasteiger partial charge < -0.3 is 9.64 Å². The fourth-order valence-electron chi connectivity index (χ4n) is 4.58. The van der Waals surface area contributed by atoms with Crippen LogP contribution >= 0.6 is 11.6 Å². The van der Waals surface area contributed by atoms with Crippen molar-refractivity contribution in [3.05, 3.63) is 95.1 Å². The molecule has 1 amide bonds. The van der Waals surface area contributed by atoms with Gasteiger partial charge in [0.15, 0.2) is 5.75 Å². The van der Waals surface area contributed by atoms with E-state index < -0.39 is 33.7 Å². The van der Waals surface area contributed by atoms with Gasteiger partial charge in [0.05, 0.1) is 11.2 Å². The number of aromatic nitrogens is 1. The number of rotatable bonds is 7. The van der Waals surface area contributed by atoms with Gasteiger partial charge in [0, 0.05) is 54.9 Å². The lowest BCUT2D eigenvalue weighted by Gasteiger charge is -2.35. The number of benzene rings is 3. The van der Waals surface area contributed by atoms with Gasteiger partial charge in [0.1, 0.15) is 4.90 Å². The van der Waals surface area contributed by atoms with Crippen molar-refractivity contribution in [1.82, 2.24) is 14.8 Å². The summed E-state index contributed by atoms with van der Waals surface area (Å²) in [5.74, 6) is -1.34. The van der Waals surface area contributed by atoms with Crippen molar-refractivity contribution >= 4 is 44.1 Å². The average molecular weight is 605 g/mol. The highest BCUT2D eigenvalue weighted by Gasteiger charge is 2.34. The summed E-state index contributed by atoms with van der Waals surface area (Å²) >= 11 is 5.94. The molecule has 1 aliphatic rings. The van der Waals surface area contributed by atoms with Crippen LogP contribution in [0.4, 0.5) is 18.9 Å². The predicted octanol–water partition coefficient (Wildman–Crippen LogP) is 5.55. The number of anilines is 1. The number of carbonyl (C=O) groups excluding carboxylic acids is 1. The summed E-state index contributed by atoms with van der Waals surface area (Å²) in [7, 11) is -4.37. The Bertz CT molecular complexity index is 1670. The van der Waals surface area contributed by atoms with Crippen LogP contribution in [0.25, 0.3) is 10.9 Å². The summed E-state index contributed by atoms with van der Waals surface area (Å²) < 4.78 is 72.6. The lowest BCUT2D eigenvalue weighted by molar-refractivity contribution is -0.274. The van der Waals surface area contributed by atoms with E-state index in [0.29, 0.717) is 43.1 Å². The minimum absolute atomic E-state index is 0.0647. The van der Waals surface area contributed by atoms with Crippen LogP contribution in [0.2, 0.25) is 5.02 Å². The zero-order valence-electron chi connectivity index (χ0n) is 21.4. The van der Waals surface area contributed by atoms with Crippen molar-refractivity contribution in [2.75, 3.05) is 30.9 Å². The van der Waals surface area contributed by atoms with Crippen LogP contribution in [0.1, 0.15) is 15.9 Å². The Balaban J connectivity index is 1.34. The normalized spacial score (nSPS) is 14.7. The van der Waals surface area contributed by atoms with Crippen LogP contribution in [0.15, 0.2) is 83.9 Å². The van der Waals surface area contributed by atoms with Gasteiger partial charge in [-0.15, -0.1) is 13.2 Å². The number of hydrogen-bond donors (Lipinski definition) is 1. The van der Waals surface area contributed by atoms with Gasteiger partial charge in [-0.2, -0.15) is 0 Å². The highest BCUT2D eigenvalue weighted by molar-refractivity contribution is 7.93. The van der Waals surface area contributed by atoms with Gasteiger partial charge in [0.2, 0.25) is 0 Å². The van der Waals surface area contributed by atoms with Gasteiger partial charge >= 0.3 is 6.36 Å². The molecule has 8 nitrogen and oxygen atoms in total. The molecular formula is C28H24ClF3N4O4S. The third-order valence-corrected chi connectivity index (χ3v) is 8.21. The van der Waals surface area contributed by atoms with E-state index in [1.165, 1.54) is 29.3 Å². The summed E-state index contributed by atoms with van der Waals surface area (Å²) in [6.45, 7) is 2.53. The molecule has 214 valence electrons. The molecule has 1 saturated heterocycles. The Kier molecular flexibility index (Phi) is 8.07. The number of carbonyl (C=O) groups is 1. The molecule has 1 aromatic heterocycles. The molecule has 0 atom stereocenters. The van der Waals surface area contributed by atoms with E-state index in [1.807, 2.05) is 12.1 Å². The number of alkyl halides is 3. The maximum Gasteiger partial charge on any atom is 0.573 e. The quantitative estimate of drug-likeness (QED) is 0.298. The predicted molar refractivity (Wildman–Crippen MR) is 148 cm³/mol. The van der Waals surface area contributed by atoms with E-state index in [9.17, 15) is 26.4 Å². The number of ether oxygens (including phenoxy) is 1. The standard InChI is InChI=1S/C28H24ClF3N4O4S/c29-22-9-6-19(7-10-22)18-35-13-15-36(16-14-35)27(37)21-8-11-23(24(17-21)40-28(30,31)32)34-41(38,39)25-5-1-3-20-4-2-12-33-26(20)25/h1-12,17,34H,13-16,18H2. The number of pyridine rings is 1. The van der Waals surface area contributed by atoms with Crippen molar-refractivity contribution in [3.63, 3.8) is 0 Å². The molecule has 1 aliphatic heterocycles. The van der Waals surface area contributed by atoms with Crippen LogP contribution in [0.5, 0.6) is 5.75 Å². The summed E-state index contributed by atoms with van der Waals surface area (Å²) in [5, 5.41) is 1.18. The van der Waals surface area contributed by atoms with Crippen molar-refractivity contribution in [2.24, 2.45) is 0 Å². The van der Waals surface area contributed by atoms with E-state index in [0.717, 1.165) is 17.7 Å². The number of sulfonamides is 1. The number of nitrogens with zero attached hydrogens (tertiary/aromatic N) is 3. The van der Waals surface area contributed by atoms with Crippen LogP contribution in [-0.4, -0.2) is 61.7 Å². The molecule has 2 heterocycles. The Hall–Kier alpha value is -3.87. The van der Waals surface area contributed by atoms with Gasteiger partial charge in [-0.3, -0.25) is 19.4 Å². The van der Waals surface area contributed by atoms with Gasteiger partial charge in [-0.05, 0) is 48.0 Å². The molecule has 1 N–H and O–H groups in total. The fourth-order valence-corrected chi connectivity index (χ4v) is 5.96. The van der Waals surface area contributed by atoms with E-state index in [4.69, 9.17) is 11.6 Å². The monoisotopic (exact) mass is 604 g/mol.